The fourth-order valence-electron chi connectivity index (χ4n) is 1.71. The Morgan fingerprint density at radius 1 is 1.12 bits per heavy atom. The molecule has 0 saturated heterocycles. The Morgan fingerprint density at radius 3 is 2.12 bits per heavy atom. The zero-order valence-electron chi connectivity index (χ0n) is 10.4. The van der Waals surface area contributed by atoms with E-state index in [2.05, 4.69) is 0 Å². The summed E-state index contributed by atoms with van der Waals surface area (Å²) in [5.74, 6) is -1.48. The van der Waals surface area contributed by atoms with E-state index in [9.17, 15) is 18.0 Å². The van der Waals surface area contributed by atoms with Crippen molar-refractivity contribution in [2.24, 2.45) is 11.8 Å². The van der Waals surface area contributed by atoms with Crippen LogP contribution in [-0.2, 0) is 4.79 Å². The van der Waals surface area contributed by atoms with Gasteiger partial charge < -0.3 is 5.11 Å². The minimum absolute atomic E-state index is 0.142. The van der Waals surface area contributed by atoms with E-state index in [1.807, 2.05) is 6.92 Å². The third kappa shape index (κ3) is 8.18. The van der Waals surface area contributed by atoms with Gasteiger partial charge in [0.2, 0.25) is 5.78 Å². The van der Waals surface area contributed by atoms with Crippen LogP contribution in [0.1, 0.15) is 46.0 Å². The van der Waals surface area contributed by atoms with E-state index in [0.717, 1.165) is 19.3 Å². The van der Waals surface area contributed by atoms with Crippen LogP contribution in [-0.4, -0.2) is 23.7 Å². The second-order valence-electron chi connectivity index (χ2n) is 4.78. The molecule has 2 unspecified atom stereocenters. The molecule has 0 aromatic rings. The predicted molar refractivity (Wildman–Crippen MR) is 59.6 cm³/mol. The molecular weight excluding hydrogens is 233 g/mol. The summed E-state index contributed by atoms with van der Waals surface area (Å²) in [5.41, 5.74) is 0. The fraction of sp³-hybridized carbons (Fsp3) is 0.917. The summed E-state index contributed by atoms with van der Waals surface area (Å²) in [5, 5.41) is 8.68. The second kappa shape index (κ2) is 7.69. The van der Waals surface area contributed by atoms with Crippen LogP contribution in [0.4, 0.5) is 13.2 Å². The predicted octanol–water partition coefficient (Wildman–Crippen LogP) is 3.33. The first-order valence-electron chi connectivity index (χ1n) is 5.98. The number of rotatable bonds is 8. The van der Waals surface area contributed by atoms with Crippen molar-refractivity contribution in [3.8, 4) is 0 Å². The van der Waals surface area contributed by atoms with Crippen LogP contribution in [0.5, 0.6) is 0 Å². The zero-order valence-corrected chi connectivity index (χ0v) is 10.4. The molecule has 0 aromatic heterocycles. The number of alkyl halides is 3. The number of ketones is 1. The molecule has 0 heterocycles. The first kappa shape index (κ1) is 16.4. The summed E-state index contributed by atoms with van der Waals surface area (Å²) in [6.07, 6.45) is -2.09. The van der Waals surface area contributed by atoms with Crippen LogP contribution >= 0.6 is 0 Å². The molecule has 0 rings (SSSR count). The van der Waals surface area contributed by atoms with Gasteiger partial charge >= 0.3 is 6.18 Å². The van der Waals surface area contributed by atoms with E-state index in [-0.39, 0.29) is 12.5 Å². The van der Waals surface area contributed by atoms with E-state index in [4.69, 9.17) is 5.11 Å². The molecule has 17 heavy (non-hydrogen) atoms. The van der Waals surface area contributed by atoms with Crippen molar-refractivity contribution in [1.29, 1.82) is 0 Å². The third-order valence-corrected chi connectivity index (χ3v) is 2.87. The van der Waals surface area contributed by atoms with Gasteiger partial charge in [-0.05, 0) is 18.3 Å². The van der Waals surface area contributed by atoms with E-state index in [1.165, 1.54) is 0 Å². The maximum absolute atomic E-state index is 12.0. The van der Waals surface area contributed by atoms with Gasteiger partial charge in [0.05, 0.1) is 0 Å². The summed E-state index contributed by atoms with van der Waals surface area (Å²) in [6.45, 7) is 3.81. The Morgan fingerprint density at radius 2 is 1.65 bits per heavy atom. The van der Waals surface area contributed by atoms with Gasteiger partial charge in [0.15, 0.2) is 0 Å². The average molecular weight is 254 g/mol. The van der Waals surface area contributed by atoms with Gasteiger partial charge in [-0.25, -0.2) is 0 Å². The number of aliphatic hydroxyl groups excluding tert-OH is 1. The van der Waals surface area contributed by atoms with E-state index in [1.54, 1.807) is 6.92 Å². The monoisotopic (exact) mass is 254 g/mol. The lowest BCUT2D eigenvalue weighted by atomic mass is 9.94. The Balaban J connectivity index is 3.73. The van der Waals surface area contributed by atoms with Crippen LogP contribution in [0.2, 0.25) is 0 Å². The highest BCUT2D eigenvalue weighted by molar-refractivity contribution is 5.84. The van der Waals surface area contributed by atoms with Crippen LogP contribution in [0.3, 0.4) is 0 Å². The van der Waals surface area contributed by atoms with Crippen LogP contribution < -0.4 is 0 Å². The third-order valence-electron chi connectivity index (χ3n) is 2.87. The number of halogens is 3. The highest BCUT2D eigenvalue weighted by Crippen LogP contribution is 2.23. The van der Waals surface area contributed by atoms with Gasteiger partial charge in [-0.2, -0.15) is 13.2 Å². The summed E-state index contributed by atoms with van der Waals surface area (Å²) in [6, 6.07) is 0. The van der Waals surface area contributed by atoms with Gasteiger partial charge in [0, 0.05) is 13.0 Å². The molecule has 1 N–H and O–H groups in total. The van der Waals surface area contributed by atoms with E-state index >= 15 is 0 Å². The molecule has 2 nitrogen and oxygen atoms in total. The van der Waals surface area contributed by atoms with Crippen LogP contribution in [0.15, 0.2) is 0 Å². The number of aliphatic hydroxyl groups is 1. The van der Waals surface area contributed by atoms with Gasteiger partial charge in [-0.1, -0.05) is 33.1 Å². The summed E-state index contributed by atoms with van der Waals surface area (Å²) in [4.78, 5) is 10.7. The molecule has 0 amide bonds. The van der Waals surface area contributed by atoms with Gasteiger partial charge in [0.25, 0.3) is 0 Å². The van der Waals surface area contributed by atoms with Crippen molar-refractivity contribution < 1.29 is 23.1 Å². The fourth-order valence-corrected chi connectivity index (χ4v) is 1.71. The van der Waals surface area contributed by atoms with Crippen molar-refractivity contribution in [2.75, 3.05) is 6.61 Å². The molecule has 0 bridgehead atoms. The highest BCUT2D eigenvalue weighted by Gasteiger charge is 2.38. The number of carbonyl (C=O) groups excluding carboxylic acids is 1. The molecule has 5 heteroatoms. The molecule has 0 aliphatic carbocycles. The Bertz CT molecular complexity index is 226. The normalized spacial score (nSPS) is 15.6. The van der Waals surface area contributed by atoms with Crippen molar-refractivity contribution in [1.82, 2.24) is 0 Å². The van der Waals surface area contributed by atoms with Gasteiger partial charge in [-0.3, -0.25) is 4.79 Å². The highest BCUT2D eigenvalue weighted by atomic mass is 19.4. The lowest BCUT2D eigenvalue weighted by Gasteiger charge is -2.14. The minimum Gasteiger partial charge on any atom is -0.396 e. The quantitative estimate of drug-likeness (QED) is 0.721. The largest absolute Gasteiger partial charge is 0.449 e. The summed E-state index contributed by atoms with van der Waals surface area (Å²) >= 11 is 0. The Labute approximate surface area is 100 Å². The Hall–Kier alpha value is -0.580. The zero-order chi connectivity index (χ0) is 13.5. The molecule has 102 valence electrons. The van der Waals surface area contributed by atoms with Gasteiger partial charge in [0.1, 0.15) is 0 Å². The maximum atomic E-state index is 12.0. The topological polar surface area (TPSA) is 37.3 Å². The summed E-state index contributed by atoms with van der Waals surface area (Å²) < 4.78 is 35.9. The molecular formula is C12H21F3O2. The first-order chi connectivity index (χ1) is 7.77. The van der Waals surface area contributed by atoms with Crippen LogP contribution in [0.25, 0.3) is 0 Å². The van der Waals surface area contributed by atoms with Crippen molar-refractivity contribution in [3.63, 3.8) is 0 Å². The van der Waals surface area contributed by atoms with E-state index in [0.29, 0.717) is 12.3 Å². The lowest BCUT2D eigenvalue weighted by molar-refractivity contribution is -0.172. The molecule has 0 spiro atoms. The molecule has 0 fully saturated rings. The average Bonchev–Trinajstić information content (AvgIpc) is 2.16. The van der Waals surface area contributed by atoms with E-state index < -0.39 is 18.4 Å². The summed E-state index contributed by atoms with van der Waals surface area (Å²) in [7, 11) is 0. The SMILES string of the molecule is CC(CCO)CCCC(C)CC(=O)C(F)(F)F. The van der Waals surface area contributed by atoms with Crippen molar-refractivity contribution in [2.45, 2.75) is 52.1 Å². The number of hydrogen-bond donors (Lipinski definition) is 1. The standard InChI is InChI=1S/C12H21F3O2/c1-9(6-7-16)4-3-5-10(2)8-11(17)12(13,14)15/h9-10,16H,3-8H2,1-2H3. The number of Topliss-reactive ketones (excluding diaryl/α,β-unsaturated/α-hetero) is 1. The molecule has 0 aromatic carbocycles. The first-order valence-corrected chi connectivity index (χ1v) is 5.98. The van der Waals surface area contributed by atoms with Crippen molar-refractivity contribution in [3.05, 3.63) is 0 Å². The van der Waals surface area contributed by atoms with Crippen molar-refractivity contribution >= 4 is 5.78 Å². The molecule has 0 radical (unpaired) electrons. The lowest BCUT2D eigenvalue weighted by Crippen LogP contribution is -2.24. The maximum Gasteiger partial charge on any atom is 0.449 e. The number of carbonyl (C=O) groups is 1. The smallest absolute Gasteiger partial charge is 0.396 e. The second-order valence-corrected chi connectivity index (χ2v) is 4.78. The number of hydrogen-bond acceptors (Lipinski definition) is 2. The van der Waals surface area contributed by atoms with Gasteiger partial charge in [-0.15, -0.1) is 0 Å². The molecule has 0 aliphatic rings. The minimum atomic E-state index is -4.70. The molecule has 2 atom stereocenters. The molecule has 0 aliphatic heterocycles. The molecule has 0 saturated carbocycles. The van der Waals surface area contributed by atoms with Crippen LogP contribution in [0, 0.1) is 11.8 Å². The Kier molecular flexibility index (Phi) is 7.43.